The molecule has 0 aliphatic carbocycles. The maximum atomic E-state index is 13.0. The van der Waals surface area contributed by atoms with Crippen LogP contribution in [0.2, 0.25) is 5.02 Å². The fourth-order valence-corrected chi connectivity index (χ4v) is 2.36. The predicted octanol–water partition coefficient (Wildman–Crippen LogP) is 3.05. The summed E-state index contributed by atoms with van der Waals surface area (Å²) in [5, 5.41) is 3.59. The number of Topliss-reactive ketones (excluding diaryl/α,β-unsaturated/α-hetero) is 1. The molecule has 1 aromatic carbocycles. The van der Waals surface area contributed by atoms with E-state index in [0.29, 0.717) is 22.9 Å². The zero-order chi connectivity index (χ0) is 12.3. The van der Waals surface area contributed by atoms with E-state index >= 15 is 0 Å². The second-order valence-corrected chi connectivity index (χ2v) is 4.85. The van der Waals surface area contributed by atoms with Gasteiger partial charge in [0, 0.05) is 12.0 Å². The number of carbonyl (C=O) groups is 1. The minimum atomic E-state index is -0.416. The van der Waals surface area contributed by atoms with Gasteiger partial charge in [-0.05, 0) is 50.0 Å². The lowest BCUT2D eigenvalue weighted by Gasteiger charge is -2.08. The van der Waals surface area contributed by atoms with Crippen molar-refractivity contribution < 1.29 is 9.18 Å². The summed E-state index contributed by atoms with van der Waals surface area (Å²) >= 11 is 5.89. The van der Waals surface area contributed by atoms with Crippen molar-refractivity contribution in [2.24, 2.45) is 5.92 Å². The molecule has 1 aliphatic heterocycles. The quantitative estimate of drug-likeness (QED) is 0.838. The van der Waals surface area contributed by atoms with Crippen LogP contribution in [0.3, 0.4) is 0 Å². The van der Waals surface area contributed by atoms with Gasteiger partial charge in [0.15, 0.2) is 5.78 Å². The summed E-state index contributed by atoms with van der Waals surface area (Å²) in [4.78, 5) is 11.9. The highest BCUT2D eigenvalue weighted by atomic mass is 35.5. The summed E-state index contributed by atoms with van der Waals surface area (Å²) in [7, 11) is 0. The molecule has 2 rings (SSSR count). The number of nitrogens with one attached hydrogen (secondary N) is 1. The number of hydrogen-bond acceptors (Lipinski definition) is 2. The van der Waals surface area contributed by atoms with Crippen LogP contribution in [0.1, 0.15) is 29.6 Å². The van der Waals surface area contributed by atoms with Gasteiger partial charge in [-0.2, -0.15) is 0 Å². The SMILES string of the molecule is O=C(CCC1CCNC1)c1cc(F)ccc1Cl. The molecule has 0 aromatic heterocycles. The highest BCUT2D eigenvalue weighted by Crippen LogP contribution is 2.21. The van der Waals surface area contributed by atoms with E-state index in [-0.39, 0.29) is 5.78 Å². The molecule has 0 saturated carbocycles. The largest absolute Gasteiger partial charge is 0.316 e. The molecule has 17 heavy (non-hydrogen) atoms. The van der Waals surface area contributed by atoms with E-state index in [1.54, 1.807) is 0 Å². The summed E-state index contributed by atoms with van der Waals surface area (Å²) in [6.45, 7) is 2.00. The van der Waals surface area contributed by atoms with Gasteiger partial charge in [0.2, 0.25) is 0 Å². The van der Waals surface area contributed by atoms with E-state index < -0.39 is 5.82 Å². The van der Waals surface area contributed by atoms with E-state index in [4.69, 9.17) is 11.6 Å². The zero-order valence-corrected chi connectivity index (χ0v) is 10.3. The van der Waals surface area contributed by atoms with Gasteiger partial charge < -0.3 is 5.32 Å². The maximum absolute atomic E-state index is 13.0. The highest BCUT2D eigenvalue weighted by molar-refractivity contribution is 6.33. The van der Waals surface area contributed by atoms with E-state index in [0.717, 1.165) is 25.9 Å². The first kappa shape index (κ1) is 12.5. The van der Waals surface area contributed by atoms with Crippen LogP contribution in [0.5, 0.6) is 0 Å². The fraction of sp³-hybridized carbons (Fsp3) is 0.462. The molecule has 1 unspecified atom stereocenters. The third-order valence-corrected chi connectivity index (χ3v) is 3.50. The van der Waals surface area contributed by atoms with Crippen molar-refractivity contribution in [3.63, 3.8) is 0 Å². The first-order chi connectivity index (χ1) is 8.16. The average Bonchev–Trinajstić information content (AvgIpc) is 2.82. The first-order valence-electron chi connectivity index (χ1n) is 5.86. The van der Waals surface area contributed by atoms with Crippen molar-refractivity contribution in [3.05, 3.63) is 34.6 Å². The Labute approximate surface area is 105 Å². The molecule has 92 valence electrons. The van der Waals surface area contributed by atoms with E-state index in [1.807, 2.05) is 0 Å². The molecule has 1 aromatic rings. The Balaban J connectivity index is 1.96. The van der Waals surface area contributed by atoms with E-state index in [1.165, 1.54) is 18.2 Å². The molecule has 2 nitrogen and oxygen atoms in total. The normalized spacial score (nSPS) is 19.5. The molecule has 1 N–H and O–H groups in total. The van der Waals surface area contributed by atoms with Crippen molar-refractivity contribution in [1.29, 1.82) is 0 Å². The molecule has 0 spiro atoms. The smallest absolute Gasteiger partial charge is 0.164 e. The molecule has 0 radical (unpaired) electrons. The van der Waals surface area contributed by atoms with Crippen LogP contribution >= 0.6 is 11.6 Å². The van der Waals surface area contributed by atoms with Gasteiger partial charge >= 0.3 is 0 Å². The summed E-state index contributed by atoms with van der Waals surface area (Å²) < 4.78 is 13.0. The number of ketones is 1. The minimum absolute atomic E-state index is 0.0681. The summed E-state index contributed by atoms with van der Waals surface area (Å²) in [5.74, 6) is 0.0768. The van der Waals surface area contributed by atoms with Gasteiger partial charge in [-0.3, -0.25) is 4.79 Å². The topological polar surface area (TPSA) is 29.1 Å². The van der Waals surface area contributed by atoms with Crippen molar-refractivity contribution in [2.45, 2.75) is 19.3 Å². The summed E-state index contributed by atoms with van der Waals surface area (Å²) in [5.41, 5.74) is 0.303. The number of hydrogen-bond donors (Lipinski definition) is 1. The van der Waals surface area contributed by atoms with Crippen LogP contribution in [0.4, 0.5) is 4.39 Å². The van der Waals surface area contributed by atoms with Crippen molar-refractivity contribution in [1.82, 2.24) is 5.32 Å². The predicted molar refractivity (Wildman–Crippen MR) is 66.0 cm³/mol. The zero-order valence-electron chi connectivity index (χ0n) is 9.51. The molecule has 1 atom stereocenters. The molecular formula is C13H15ClFNO. The van der Waals surface area contributed by atoms with Gasteiger partial charge in [-0.25, -0.2) is 4.39 Å². The van der Waals surface area contributed by atoms with Crippen LogP contribution in [0.15, 0.2) is 18.2 Å². The lowest BCUT2D eigenvalue weighted by atomic mass is 9.98. The number of benzene rings is 1. The second-order valence-electron chi connectivity index (χ2n) is 4.44. The summed E-state index contributed by atoms with van der Waals surface area (Å²) in [6, 6.07) is 3.92. The van der Waals surface area contributed by atoms with Crippen molar-refractivity contribution in [2.75, 3.05) is 13.1 Å². The van der Waals surface area contributed by atoms with Crippen molar-refractivity contribution >= 4 is 17.4 Å². The van der Waals surface area contributed by atoms with Gasteiger partial charge in [0.1, 0.15) is 5.82 Å². The van der Waals surface area contributed by atoms with E-state index in [9.17, 15) is 9.18 Å². The van der Waals surface area contributed by atoms with Crippen LogP contribution in [0, 0.1) is 11.7 Å². The Morgan fingerprint density at radius 3 is 3.06 bits per heavy atom. The molecule has 0 amide bonds. The molecular weight excluding hydrogens is 241 g/mol. The molecule has 0 bridgehead atoms. The minimum Gasteiger partial charge on any atom is -0.316 e. The fourth-order valence-electron chi connectivity index (χ4n) is 2.14. The average molecular weight is 256 g/mol. The maximum Gasteiger partial charge on any atom is 0.164 e. The Bertz CT molecular complexity index is 416. The third kappa shape index (κ3) is 3.27. The highest BCUT2D eigenvalue weighted by Gasteiger charge is 2.17. The molecule has 1 fully saturated rings. The first-order valence-corrected chi connectivity index (χ1v) is 6.23. The Hall–Kier alpha value is -0.930. The Morgan fingerprint density at radius 1 is 1.53 bits per heavy atom. The standard InChI is InChI=1S/C13H15ClFNO/c14-12-3-2-10(15)7-11(12)13(17)4-1-9-5-6-16-8-9/h2-3,7,9,16H,1,4-6,8H2. The lowest BCUT2D eigenvalue weighted by Crippen LogP contribution is -2.10. The number of halogens is 2. The second kappa shape index (κ2) is 5.61. The number of carbonyl (C=O) groups excluding carboxylic acids is 1. The van der Waals surface area contributed by atoms with Crippen LogP contribution < -0.4 is 5.32 Å². The van der Waals surface area contributed by atoms with Crippen LogP contribution in [-0.2, 0) is 0 Å². The van der Waals surface area contributed by atoms with Crippen LogP contribution in [0.25, 0.3) is 0 Å². The van der Waals surface area contributed by atoms with Gasteiger partial charge in [0.05, 0.1) is 5.02 Å². The Morgan fingerprint density at radius 2 is 2.35 bits per heavy atom. The van der Waals surface area contributed by atoms with Gasteiger partial charge in [-0.1, -0.05) is 11.6 Å². The Kier molecular flexibility index (Phi) is 4.13. The van der Waals surface area contributed by atoms with Gasteiger partial charge in [0.25, 0.3) is 0 Å². The van der Waals surface area contributed by atoms with E-state index in [2.05, 4.69) is 5.32 Å². The monoisotopic (exact) mass is 255 g/mol. The molecule has 4 heteroatoms. The number of rotatable bonds is 4. The molecule has 1 saturated heterocycles. The third-order valence-electron chi connectivity index (χ3n) is 3.17. The van der Waals surface area contributed by atoms with Crippen molar-refractivity contribution in [3.8, 4) is 0 Å². The van der Waals surface area contributed by atoms with Crippen LogP contribution in [-0.4, -0.2) is 18.9 Å². The molecule has 1 aliphatic rings. The van der Waals surface area contributed by atoms with Gasteiger partial charge in [-0.15, -0.1) is 0 Å². The lowest BCUT2D eigenvalue weighted by molar-refractivity contribution is 0.0974. The summed E-state index contributed by atoms with van der Waals surface area (Å²) in [6.07, 6.45) is 2.40. The molecule has 1 heterocycles.